The van der Waals surface area contributed by atoms with Crippen LogP contribution < -0.4 is 27.4 Å². The van der Waals surface area contributed by atoms with E-state index in [2.05, 4.69) is 16.0 Å². The van der Waals surface area contributed by atoms with Gasteiger partial charge in [0.05, 0.1) is 31.3 Å². The fraction of sp³-hybridized carbons (Fsp3) is 0.514. The monoisotopic (exact) mass is 724 g/mol. The number of hydrogen-bond donors (Lipinski definition) is 5. The predicted octanol–water partition coefficient (Wildman–Crippen LogP) is 3.65. The number of benzene rings is 2. The maximum Gasteiger partial charge on any atom is 0.289 e. The Labute approximate surface area is 302 Å². The molecule has 4 atom stereocenters. The number of ether oxygens (including phenoxy) is 1. The number of nitrogens with two attached hydrogens (primary N) is 2. The second kappa shape index (κ2) is 18.7. The summed E-state index contributed by atoms with van der Waals surface area (Å²) in [6.45, 7) is 3.00. The third kappa shape index (κ3) is 10.6. The molecule has 2 aliphatic heterocycles. The molecule has 3 heterocycles. The van der Waals surface area contributed by atoms with Gasteiger partial charge in [-0.2, -0.15) is 0 Å². The first-order valence-corrected chi connectivity index (χ1v) is 18.8. The first-order valence-electron chi connectivity index (χ1n) is 17.6. The number of fused-ring (bicyclic) bond motifs is 1. The minimum Gasteiger partial charge on any atom is -0.372 e. The third-order valence-electron chi connectivity index (χ3n) is 9.61. The molecular weight excluding hydrogens is 676 g/mol. The van der Waals surface area contributed by atoms with Gasteiger partial charge in [-0.3, -0.25) is 19.2 Å². The van der Waals surface area contributed by atoms with Crippen molar-refractivity contribution in [3.8, 4) is 0 Å². The van der Waals surface area contributed by atoms with E-state index in [1.54, 1.807) is 23.5 Å². The molecule has 5 rings (SSSR count). The van der Waals surface area contributed by atoms with Crippen molar-refractivity contribution in [2.24, 2.45) is 17.4 Å². The second-order valence-electron chi connectivity index (χ2n) is 13.3. The summed E-state index contributed by atoms with van der Waals surface area (Å²) in [5.74, 6) is -1.83. The molecule has 2 fully saturated rings. The molecule has 3 amide bonds. The molecule has 3 aromatic rings. The molecule has 270 valence electrons. The number of ketones is 1. The molecule has 11 nitrogen and oxygen atoms in total. The summed E-state index contributed by atoms with van der Waals surface area (Å²) < 4.78 is 7.27. The minimum absolute atomic E-state index is 0.187. The summed E-state index contributed by atoms with van der Waals surface area (Å²) >= 11 is 7.58. The summed E-state index contributed by atoms with van der Waals surface area (Å²) in [4.78, 5) is 56.8. The number of nitrogens with zero attached hydrogens (tertiary/aromatic N) is 1. The number of carbonyl (C=O) groups is 4. The highest BCUT2D eigenvalue weighted by molar-refractivity contribution is 7.19. The van der Waals surface area contributed by atoms with Gasteiger partial charge in [-0.25, -0.2) is 0 Å². The molecule has 2 aromatic carbocycles. The molecule has 50 heavy (non-hydrogen) atoms. The van der Waals surface area contributed by atoms with Gasteiger partial charge in [0.2, 0.25) is 17.6 Å². The Balaban J connectivity index is 1.25. The van der Waals surface area contributed by atoms with Crippen LogP contribution in [0.2, 0.25) is 5.02 Å². The van der Waals surface area contributed by atoms with E-state index in [-0.39, 0.29) is 38.4 Å². The zero-order valence-corrected chi connectivity index (χ0v) is 30.0. The predicted molar refractivity (Wildman–Crippen MR) is 196 cm³/mol. The van der Waals surface area contributed by atoms with Crippen molar-refractivity contribution in [3.63, 3.8) is 0 Å². The Morgan fingerprint density at radius 1 is 1.04 bits per heavy atom. The van der Waals surface area contributed by atoms with Crippen LogP contribution in [-0.4, -0.2) is 78.8 Å². The summed E-state index contributed by atoms with van der Waals surface area (Å²) in [6, 6.07) is 14.4. The van der Waals surface area contributed by atoms with Crippen molar-refractivity contribution < 1.29 is 23.9 Å². The number of unbranched alkanes of at least 4 members (excludes halogenated alkanes) is 1. The largest absolute Gasteiger partial charge is 0.372 e. The average Bonchev–Trinajstić information content (AvgIpc) is 3.76. The van der Waals surface area contributed by atoms with E-state index in [1.807, 2.05) is 42.5 Å². The Morgan fingerprint density at radius 3 is 2.54 bits per heavy atom. The summed E-state index contributed by atoms with van der Waals surface area (Å²) in [5, 5.41) is 10.6. The van der Waals surface area contributed by atoms with E-state index < -0.39 is 41.8 Å². The van der Waals surface area contributed by atoms with E-state index in [1.165, 1.54) is 4.90 Å². The zero-order chi connectivity index (χ0) is 35.5. The molecule has 0 bridgehead atoms. The highest BCUT2D eigenvalue weighted by atomic mass is 35.5. The number of amides is 3. The van der Waals surface area contributed by atoms with Gasteiger partial charge in [0.1, 0.15) is 6.04 Å². The number of hydrogen-bond acceptors (Lipinski definition) is 9. The quantitative estimate of drug-likeness (QED) is 0.104. The van der Waals surface area contributed by atoms with Crippen LogP contribution in [0.3, 0.4) is 0 Å². The van der Waals surface area contributed by atoms with Crippen LogP contribution in [0, 0.1) is 5.92 Å². The summed E-state index contributed by atoms with van der Waals surface area (Å²) in [7, 11) is 0. The van der Waals surface area contributed by atoms with Crippen molar-refractivity contribution >= 4 is 56.5 Å². The number of likely N-dealkylation sites (tertiary alicyclic amines) is 1. The van der Waals surface area contributed by atoms with Crippen molar-refractivity contribution in [1.29, 1.82) is 0 Å². The SMILES string of the molecule is NCCCC[C@H](NC(=O)[C@@H]1C[C@@H](OCc2ccc(Cl)cc2)CN1C(=O)[C@H](N)CCC1CCNCC1)C(=O)C(=O)NCc1cc2ccccc2s1. The van der Waals surface area contributed by atoms with Crippen LogP contribution >= 0.6 is 22.9 Å². The summed E-state index contributed by atoms with van der Waals surface area (Å²) in [5.41, 5.74) is 13.1. The van der Waals surface area contributed by atoms with Gasteiger partial charge in [-0.15, -0.1) is 11.3 Å². The van der Waals surface area contributed by atoms with Crippen LogP contribution in [0.5, 0.6) is 0 Å². The molecule has 0 radical (unpaired) electrons. The lowest BCUT2D eigenvalue weighted by Gasteiger charge is -2.29. The van der Waals surface area contributed by atoms with E-state index in [9.17, 15) is 19.2 Å². The highest BCUT2D eigenvalue weighted by Gasteiger charge is 2.43. The van der Waals surface area contributed by atoms with Gasteiger partial charge < -0.3 is 37.1 Å². The number of thiophene rings is 1. The first-order chi connectivity index (χ1) is 24.2. The van der Waals surface area contributed by atoms with Crippen molar-refractivity contribution in [2.75, 3.05) is 26.2 Å². The van der Waals surface area contributed by atoms with Gasteiger partial charge in [0, 0.05) is 27.6 Å². The standard InChI is InChI=1S/C37H49ClN6O5S/c38-27-11-8-25(9-12-27)23-49-28-20-32(44(22-28)37(48)30(40)13-10-24-14-17-41-18-15-24)35(46)43-31(6-3-4-16-39)34(45)36(47)42-21-29-19-26-5-1-2-7-33(26)50-29/h1-2,5,7-9,11-12,19,24,28,30-32,41H,3-4,6,10,13-18,20-23,39-40H2,(H,42,47)(H,43,46)/t28-,30-,31+,32+/m1/s1. The molecule has 13 heteroatoms. The smallest absolute Gasteiger partial charge is 0.289 e. The van der Waals surface area contributed by atoms with Gasteiger partial charge in [-0.05, 0) is 106 Å². The van der Waals surface area contributed by atoms with Gasteiger partial charge >= 0.3 is 0 Å². The van der Waals surface area contributed by atoms with Gasteiger partial charge in [0.25, 0.3) is 5.91 Å². The number of carbonyl (C=O) groups excluding carboxylic acids is 4. The topological polar surface area (TPSA) is 169 Å². The highest BCUT2D eigenvalue weighted by Crippen LogP contribution is 2.27. The lowest BCUT2D eigenvalue weighted by Crippen LogP contribution is -2.55. The van der Waals surface area contributed by atoms with Crippen molar-refractivity contribution in [2.45, 2.75) is 88.7 Å². The fourth-order valence-electron chi connectivity index (χ4n) is 6.69. The Morgan fingerprint density at radius 2 is 1.80 bits per heavy atom. The second-order valence-corrected chi connectivity index (χ2v) is 14.9. The molecule has 7 N–H and O–H groups in total. The van der Waals surface area contributed by atoms with Crippen LogP contribution in [0.4, 0.5) is 0 Å². The van der Waals surface area contributed by atoms with E-state index >= 15 is 0 Å². The molecule has 1 aromatic heterocycles. The number of piperidine rings is 1. The van der Waals surface area contributed by atoms with E-state index in [4.69, 9.17) is 27.8 Å². The molecule has 2 aliphatic rings. The lowest BCUT2D eigenvalue weighted by atomic mass is 9.91. The average molecular weight is 725 g/mol. The van der Waals surface area contributed by atoms with E-state index in [0.717, 1.165) is 52.9 Å². The van der Waals surface area contributed by atoms with Crippen LogP contribution in [0.25, 0.3) is 10.1 Å². The number of nitrogens with one attached hydrogen (secondary N) is 3. The van der Waals surface area contributed by atoms with Crippen LogP contribution in [0.15, 0.2) is 54.6 Å². The first kappa shape index (κ1) is 37.9. The van der Waals surface area contributed by atoms with Crippen molar-refractivity contribution in [1.82, 2.24) is 20.9 Å². The van der Waals surface area contributed by atoms with Crippen LogP contribution in [0.1, 0.15) is 61.8 Å². The normalized spacial score (nSPS) is 19.3. The fourth-order valence-corrected chi connectivity index (χ4v) is 7.82. The van der Waals surface area contributed by atoms with Gasteiger partial charge in [0.15, 0.2) is 0 Å². The Hall–Kier alpha value is -3.39. The van der Waals surface area contributed by atoms with Crippen molar-refractivity contribution in [3.05, 3.63) is 70.1 Å². The molecule has 0 unspecified atom stereocenters. The van der Waals surface area contributed by atoms with E-state index in [0.29, 0.717) is 36.7 Å². The number of Topliss-reactive ketones (excluding diaryl/α,β-unsaturated/α-hetero) is 1. The molecule has 0 saturated carbocycles. The summed E-state index contributed by atoms with van der Waals surface area (Å²) in [6.07, 6.45) is 4.66. The third-order valence-corrected chi connectivity index (χ3v) is 11.0. The maximum absolute atomic E-state index is 14.0. The molecular formula is C37H49ClN6O5S. The maximum atomic E-state index is 14.0. The Bertz CT molecular complexity index is 1560. The number of rotatable bonds is 17. The van der Waals surface area contributed by atoms with Gasteiger partial charge in [-0.1, -0.05) is 41.9 Å². The Kier molecular flexibility index (Phi) is 14.2. The molecule has 0 spiro atoms. The molecule has 2 saturated heterocycles. The lowest BCUT2D eigenvalue weighted by molar-refractivity contribution is -0.142. The molecule has 0 aliphatic carbocycles. The zero-order valence-electron chi connectivity index (χ0n) is 28.4. The number of halogens is 1. The van der Waals surface area contributed by atoms with Crippen LogP contribution in [-0.2, 0) is 37.1 Å². The minimum atomic E-state index is -1.07.